The van der Waals surface area contributed by atoms with Gasteiger partial charge in [0.25, 0.3) is 5.91 Å². The van der Waals surface area contributed by atoms with E-state index in [1.165, 1.54) is 0 Å². The normalized spacial score (nSPS) is 16.6. The Morgan fingerprint density at radius 1 is 1.24 bits per heavy atom. The fourth-order valence-corrected chi connectivity index (χ4v) is 2.78. The summed E-state index contributed by atoms with van der Waals surface area (Å²) in [6, 6.07) is 6.88. The highest BCUT2D eigenvalue weighted by atomic mass is 16.5. The monoisotopic (exact) mass is 291 g/mol. The van der Waals surface area contributed by atoms with Crippen molar-refractivity contribution in [3.05, 3.63) is 29.8 Å². The first-order chi connectivity index (χ1) is 10.1. The third-order valence-electron chi connectivity index (χ3n) is 3.81. The maximum absolute atomic E-state index is 12.5. The minimum absolute atomic E-state index is 0.0168. The molecule has 2 N–H and O–H groups in total. The zero-order valence-corrected chi connectivity index (χ0v) is 12.2. The van der Waals surface area contributed by atoms with E-state index in [2.05, 4.69) is 5.32 Å². The van der Waals surface area contributed by atoms with Gasteiger partial charge in [-0.15, -0.1) is 0 Å². The van der Waals surface area contributed by atoms with Crippen LogP contribution in [0.5, 0.6) is 0 Å². The number of carbonyl (C=O) groups excluding carboxylic acids is 1. The second-order valence-electron chi connectivity index (χ2n) is 5.36. The van der Waals surface area contributed by atoms with Crippen LogP contribution in [0.15, 0.2) is 24.3 Å². The molecule has 5 heteroatoms. The van der Waals surface area contributed by atoms with Gasteiger partial charge in [0, 0.05) is 12.3 Å². The molecule has 0 atom stereocenters. The molecule has 1 aromatic rings. The van der Waals surface area contributed by atoms with Crippen LogP contribution >= 0.6 is 0 Å². The van der Waals surface area contributed by atoms with Gasteiger partial charge < -0.3 is 15.2 Å². The maximum atomic E-state index is 12.5. The highest BCUT2D eigenvalue weighted by molar-refractivity contribution is 5.97. The molecule has 0 aliphatic heterocycles. The number of hydrogen-bond donors (Lipinski definition) is 2. The third-order valence-corrected chi connectivity index (χ3v) is 3.81. The second kappa shape index (κ2) is 6.72. The number of carboxylic acids is 1. The van der Waals surface area contributed by atoms with Gasteiger partial charge in [-0.3, -0.25) is 9.59 Å². The van der Waals surface area contributed by atoms with Crippen LogP contribution in [-0.4, -0.2) is 29.2 Å². The Bertz CT molecular complexity index is 504. The molecule has 0 spiro atoms. The average molecular weight is 291 g/mol. The predicted molar refractivity (Wildman–Crippen MR) is 79.2 cm³/mol. The Balaban J connectivity index is 2.03. The fraction of sp³-hybridized carbons (Fsp3) is 0.500. The van der Waals surface area contributed by atoms with Crippen molar-refractivity contribution in [1.82, 2.24) is 0 Å². The summed E-state index contributed by atoms with van der Waals surface area (Å²) in [5.41, 5.74) is 0.676. The highest BCUT2D eigenvalue weighted by Crippen LogP contribution is 2.34. The van der Waals surface area contributed by atoms with Gasteiger partial charge in [0.2, 0.25) is 0 Å². The number of carboxylic acid groups (broad SMARTS) is 1. The van der Waals surface area contributed by atoms with Crippen LogP contribution in [0, 0.1) is 0 Å². The van der Waals surface area contributed by atoms with E-state index >= 15 is 0 Å². The number of nitrogens with one attached hydrogen (secondary N) is 1. The van der Waals surface area contributed by atoms with Crippen molar-refractivity contribution in [1.29, 1.82) is 0 Å². The summed E-state index contributed by atoms with van der Waals surface area (Å²) in [6.07, 6.45) is 3.50. The van der Waals surface area contributed by atoms with Crippen molar-refractivity contribution < 1.29 is 19.4 Å². The molecule has 114 valence electrons. The molecule has 0 unspecified atom stereocenters. The Kier molecular flexibility index (Phi) is 4.96. The Labute approximate surface area is 124 Å². The van der Waals surface area contributed by atoms with Gasteiger partial charge in [0.1, 0.15) is 5.60 Å². The minimum atomic E-state index is -0.868. The molecule has 1 saturated carbocycles. The van der Waals surface area contributed by atoms with Gasteiger partial charge in [-0.25, -0.2) is 0 Å². The van der Waals surface area contributed by atoms with Crippen molar-refractivity contribution in [2.75, 3.05) is 11.9 Å². The molecule has 21 heavy (non-hydrogen) atoms. The van der Waals surface area contributed by atoms with E-state index in [0.717, 1.165) is 25.7 Å². The lowest BCUT2D eigenvalue weighted by atomic mass is 10.0. The highest BCUT2D eigenvalue weighted by Gasteiger charge is 2.41. The molecule has 0 heterocycles. The molecular formula is C16H21NO4. The van der Waals surface area contributed by atoms with E-state index < -0.39 is 11.6 Å². The molecule has 2 rings (SSSR count). The summed E-state index contributed by atoms with van der Waals surface area (Å²) in [4.78, 5) is 23.1. The largest absolute Gasteiger partial charge is 0.481 e. The van der Waals surface area contributed by atoms with Gasteiger partial charge in [-0.05, 0) is 50.3 Å². The minimum Gasteiger partial charge on any atom is -0.481 e. The van der Waals surface area contributed by atoms with Crippen LogP contribution in [0.2, 0.25) is 0 Å². The molecule has 1 fully saturated rings. The molecule has 1 amide bonds. The maximum Gasteiger partial charge on any atom is 0.307 e. The fourth-order valence-electron chi connectivity index (χ4n) is 2.78. The zero-order chi connectivity index (χ0) is 15.3. The molecule has 0 bridgehead atoms. The van der Waals surface area contributed by atoms with Crippen LogP contribution in [0.1, 0.15) is 38.2 Å². The number of amides is 1. The van der Waals surface area contributed by atoms with E-state index in [-0.39, 0.29) is 12.3 Å². The zero-order valence-electron chi connectivity index (χ0n) is 12.2. The van der Waals surface area contributed by atoms with Crippen LogP contribution in [0.3, 0.4) is 0 Å². The van der Waals surface area contributed by atoms with Crippen molar-refractivity contribution >= 4 is 17.6 Å². The summed E-state index contributed by atoms with van der Waals surface area (Å²) in [7, 11) is 0. The number of benzene rings is 1. The number of ether oxygens (including phenoxy) is 1. The number of hydrogen-bond acceptors (Lipinski definition) is 3. The summed E-state index contributed by atoms with van der Waals surface area (Å²) >= 11 is 0. The Morgan fingerprint density at radius 3 is 2.38 bits per heavy atom. The molecular weight excluding hydrogens is 270 g/mol. The third kappa shape index (κ3) is 3.82. The summed E-state index contributed by atoms with van der Waals surface area (Å²) in [5.74, 6) is -0.971. The van der Waals surface area contributed by atoms with Crippen molar-refractivity contribution in [3.8, 4) is 0 Å². The number of rotatable bonds is 6. The summed E-state index contributed by atoms with van der Waals surface area (Å²) in [6.45, 7) is 2.42. The van der Waals surface area contributed by atoms with Gasteiger partial charge in [-0.1, -0.05) is 12.1 Å². The lowest BCUT2D eigenvalue weighted by Crippen LogP contribution is -2.43. The number of carbonyl (C=O) groups is 2. The second-order valence-corrected chi connectivity index (χ2v) is 5.36. The standard InChI is InChI=1S/C16H21NO4/c1-2-21-16(9-3-4-10-16)15(20)17-13-7-5-12(6-8-13)11-14(18)19/h5-8H,2-4,9-11H2,1H3,(H,17,20)(H,18,19). The van der Waals surface area contributed by atoms with Crippen LogP contribution in [-0.2, 0) is 20.7 Å². The van der Waals surface area contributed by atoms with Gasteiger partial charge in [0.05, 0.1) is 6.42 Å². The molecule has 0 radical (unpaired) electrons. The first-order valence-electron chi connectivity index (χ1n) is 7.32. The SMILES string of the molecule is CCOC1(C(=O)Nc2ccc(CC(=O)O)cc2)CCCC1. The van der Waals surface area contributed by atoms with Crippen molar-refractivity contribution in [2.24, 2.45) is 0 Å². The molecule has 5 nitrogen and oxygen atoms in total. The van der Waals surface area contributed by atoms with Gasteiger partial charge in [0.15, 0.2) is 0 Å². The number of aliphatic carboxylic acids is 1. The average Bonchev–Trinajstić information content (AvgIpc) is 2.91. The number of anilines is 1. The van der Waals surface area contributed by atoms with E-state index in [9.17, 15) is 9.59 Å². The molecule has 0 saturated heterocycles. The lowest BCUT2D eigenvalue weighted by molar-refractivity contribution is -0.140. The molecule has 1 aliphatic carbocycles. The summed E-state index contributed by atoms with van der Waals surface area (Å²) in [5, 5.41) is 11.6. The smallest absolute Gasteiger partial charge is 0.307 e. The van der Waals surface area contributed by atoms with Crippen LogP contribution in [0.25, 0.3) is 0 Å². The Hall–Kier alpha value is -1.88. The topological polar surface area (TPSA) is 75.6 Å². The van der Waals surface area contributed by atoms with E-state index in [0.29, 0.717) is 17.9 Å². The predicted octanol–water partition coefficient (Wildman–Crippen LogP) is 2.60. The lowest BCUT2D eigenvalue weighted by Gasteiger charge is -2.27. The first kappa shape index (κ1) is 15.5. The molecule has 0 aromatic heterocycles. The van der Waals surface area contributed by atoms with E-state index in [1.807, 2.05) is 6.92 Å². The van der Waals surface area contributed by atoms with Crippen molar-refractivity contribution in [3.63, 3.8) is 0 Å². The van der Waals surface area contributed by atoms with E-state index in [1.54, 1.807) is 24.3 Å². The van der Waals surface area contributed by atoms with E-state index in [4.69, 9.17) is 9.84 Å². The molecule has 1 aromatic carbocycles. The van der Waals surface area contributed by atoms with Gasteiger partial charge in [-0.2, -0.15) is 0 Å². The Morgan fingerprint density at radius 2 is 1.86 bits per heavy atom. The van der Waals surface area contributed by atoms with Crippen LogP contribution < -0.4 is 5.32 Å². The van der Waals surface area contributed by atoms with Crippen LogP contribution in [0.4, 0.5) is 5.69 Å². The first-order valence-corrected chi connectivity index (χ1v) is 7.32. The molecule has 1 aliphatic rings. The summed E-state index contributed by atoms with van der Waals surface area (Å²) < 4.78 is 5.71. The quantitative estimate of drug-likeness (QED) is 0.844. The van der Waals surface area contributed by atoms with Crippen molar-refractivity contribution in [2.45, 2.75) is 44.6 Å². The van der Waals surface area contributed by atoms with Gasteiger partial charge >= 0.3 is 5.97 Å².